The van der Waals surface area contributed by atoms with Crippen molar-refractivity contribution in [3.8, 4) is 0 Å². The van der Waals surface area contributed by atoms with Crippen molar-refractivity contribution in [2.45, 2.75) is 31.1 Å². The van der Waals surface area contributed by atoms with Crippen molar-refractivity contribution in [1.82, 2.24) is 4.31 Å². The van der Waals surface area contributed by atoms with Gasteiger partial charge in [0.25, 0.3) is 5.91 Å². The van der Waals surface area contributed by atoms with Gasteiger partial charge in [-0.2, -0.15) is 4.31 Å². The third-order valence-corrected chi connectivity index (χ3v) is 8.59. The van der Waals surface area contributed by atoms with Crippen LogP contribution in [0.25, 0.3) is 0 Å². The maximum atomic E-state index is 13.1. The van der Waals surface area contributed by atoms with Crippen molar-refractivity contribution in [1.29, 1.82) is 0 Å². The Morgan fingerprint density at radius 3 is 2.32 bits per heavy atom. The van der Waals surface area contributed by atoms with E-state index in [-0.39, 0.29) is 10.5 Å². The second-order valence-corrected chi connectivity index (χ2v) is 11.6. The first-order valence-electron chi connectivity index (χ1n) is 9.96. The van der Waals surface area contributed by atoms with Crippen LogP contribution in [0.15, 0.2) is 47.4 Å². The van der Waals surface area contributed by atoms with Gasteiger partial charge in [0, 0.05) is 31.4 Å². The highest BCUT2D eigenvalue weighted by molar-refractivity contribution is 7.92. The van der Waals surface area contributed by atoms with E-state index in [9.17, 15) is 21.6 Å². The van der Waals surface area contributed by atoms with Crippen LogP contribution in [-0.4, -0.2) is 53.4 Å². The third kappa shape index (κ3) is 5.25. The molecular formula is C21H27N3O5S2. The minimum absolute atomic E-state index is 0.132. The number of sulfonamides is 2. The van der Waals surface area contributed by atoms with Gasteiger partial charge in [-0.25, -0.2) is 16.8 Å². The lowest BCUT2D eigenvalue weighted by Gasteiger charge is -2.26. The molecule has 1 N–H and O–H groups in total. The summed E-state index contributed by atoms with van der Waals surface area (Å²) in [5.41, 5.74) is 1.60. The number of amides is 1. The van der Waals surface area contributed by atoms with Gasteiger partial charge in [-0.05, 0) is 55.7 Å². The number of benzene rings is 2. The van der Waals surface area contributed by atoms with Crippen LogP contribution in [0.4, 0.5) is 11.4 Å². The van der Waals surface area contributed by atoms with Gasteiger partial charge >= 0.3 is 0 Å². The molecular weight excluding hydrogens is 438 g/mol. The molecule has 1 aliphatic heterocycles. The second kappa shape index (κ2) is 8.97. The highest BCUT2D eigenvalue weighted by Gasteiger charge is 2.28. The molecule has 10 heteroatoms. The van der Waals surface area contributed by atoms with Crippen molar-refractivity contribution in [2.24, 2.45) is 0 Å². The van der Waals surface area contributed by atoms with Crippen molar-refractivity contribution >= 4 is 37.3 Å². The molecule has 2 aromatic carbocycles. The van der Waals surface area contributed by atoms with Crippen LogP contribution < -0.4 is 9.62 Å². The lowest BCUT2D eigenvalue weighted by Crippen LogP contribution is -2.36. The Hall–Kier alpha value is -2.43. The fourth-order valence-electron chi connectivity index (χ4n) is 3.44. The Bertz CT molecular complexity index is 1190. The average molecular weight is 466 g/mol. The molecule has 0 aliphatic carbocycles. The number of hydrogen-bond donors (Lipinski definition) is 1. The smallest absolute Gasteiger partial charge is 0.255 e. The number of rotatable bonds is 6. The van der Waals surface area contributed by atoms with Gasteiger partial charge in [0.15, 0.2) is 0 Å². The van der Waals surface area contributed by atoms with E-state index in [4.69, 9.17) is 0 Å². The Morgan fingerprint density at radius 1 is 1.00 bits per heavy atom. The lowest BCUT2D eigenvalue weighted by atomic mass is 10.1. The van der Waals surface area contributed by atoms with Gasteiger partial charge in [0.05, 0.1) is 16.8 Å². The van der Waals surface area contributed by atoms with Crippen LogP contribution in [0.3, 0.4) is 0 Å². The number of carbonyl (C=O) groups is 1. The summed E-state index contributed by atoms with van der Waals surface area (Å²) in [6, 6.07) is 11.0. The highest BCUT2D eigenvalue weighted by Crippen LogP contribution is 2.25. The number of hydrogen-bond acceptors (Lipinski definition) is 5. The number of nitrogens with zero attached hydrogens (tertiary/aromatic N) is 2. The number of nitrogens with one attached hydrogen (secondary N) is 1. The number of anilines is 2. The van der Waals surface area contributed by atoms with E-state index in [2.05, 4.69) is 5.32 Å². The van der Waals surface area contributed by atoms with Crippen LogP contribution in [0.1, 0.15) is 35.2 Å². The van der Waals surface area contributed by atoms with E-state index in [1.807, 2.05) is 0 Å². The summed E-state index contributed by atoms with van der Waals surface area (Å²) in [4.78, 5) is 12.9. The minimum Gasteiger partial charge on any atom is -0.322 e. The Balaban J connectivity index is 1.86. The zero-order chi connectivity index (χ0) is 22.8. The molecule has 8 nitrogen and oxygen atoms in total. The molecule has 2 aromatic rings. The summed E-state index contributed by atoms with van der Waals surface area (Å²) in [6.07, 6.45) is 3.77. The molecule has 1 saturated heterocycles. The molecule has 0 saturated carbocycles. The summed E-state index contributed by atoms with van der Waals surface area (Å²) < 4.78 is 52.3. The number of piperidine rings is 1. The third-order valence-electron chi connectivity index (χ3n) is 5.35. The zero-order valence-electron chi connectivity index (χ0n) is 17.8. The number of aryl methyl sites for hydroxylation is 1. The predicted molar refractivity (Wildman–Crippen MR) is 121 cm³/mol. The van der Waals surface area contributed by atoms with Gasteiger partial charge in [-0.1, -0.05) is 18.6 Å². The van der Waals surface area contributed by atoms with Crippen molar-refractivity contribution < 1.29 is 21.6 Å². The molecule has 168 valence electrons. The average Bonchev–Trinajstić information content (AvgIpc) is 2.73. The maximum absolute atomic E-state index is 13.1. The van der Waals surface area contributed by atoms with Crippen LogP contribution in [-0.2, 0) is 20.0 Å². The standard InChI is InChI=1S/C21H27N3O5S2/c1-16-10-11-17(14-20(16)31(28,29)24-12-5-4-6-13-24)21(25)22-18-8-7-9-19(15-18)23(2)30(3,26)27/h7-11,14-15H,4-6,12-13H2,1-3H3,(H,22,25). The first-order chi connectivity index (χ1) is 14.5. The monoisotopic (exact) mass is 465 g/mol. The number of carbonyl (C=O) groups excluding carboxylic acids is 1. The predicted octanol–water partition coefficient (Wildman–Crippen LogP) is 2.82. The van der Waals surface area contributed by atoms with Crippen LogP contribution in [0, 0.1) is 6.92 Å². The van der Waals surface area contributed by atoms with Crippen molar-refractivity contribution in [3.63, 3.8) is 0 Å². The summed E-state index contributed by atoms with van der Waals surface area (Å²) in [7, 11) is -5.69. The van der Waals surface area contributed by atoms with E-state index < -0.39 is 26.0 Å². The van der Waals surface area contributed by atoms with Crippen molar-refractivity contribution in [3.05, 3.63) is 53.6 Å². The Labute approximate surface area is 184 Å². The molecule has 1 aliphatic rings. The van der Waals surface area contributed by atoms with E-state index in [1.54, 1.807) is 43.3 Å². The van der Waals surface area contributed by atoms with E-state index in [0.717, 1.165) is 29.8 Å². The van der Waals surface area contributed by atoms with Crippen molar-refractivity contribution in [2.75, 3.05) is 36.0 Å². The molecule has 1 fully saturated rings. The first-order valence-corrected chi connectivity index (χ1v) is 13.2. The molecule has 0 aromatic heterocycles. The lowest BCUT2D eigenvalue weighted by molar-refractivity contribution is 0.102. The fourth-order valence-corrected chi connectivity index (χ4v) is 5.70. The van der Waals surface area contributed by atoms with Crippen LogP contribution in [0.5, 0.6) is 0 Å². The molecule has 3 rings (SSSR count). The summed E-state index contributed by atoms with van der Waals surface area (Å²) in [5, 5.41) is 2.71. The zero-order valence-corrected chi connectivity index (χ0v) is 19.5. The fraction of sp³-hybridized carbons (Fsp3) is 0.381. The highest BCUT2D eigenvalue weighted by atomic mass is 32.2. The Morgan fingerprint density at radius 2 is 1.68 bits per heavy atom. The van der Waals surface area contributed by atoms with E-state index in [0.29, 0.717) is 30.0 Å². The summed E-state index contributed by atoms with van der Waals surface area (Å²) in [6.45, 7) is 2.68. The van der Waals surface area contributed by atoms with Gasteiger partial charge in [0.2, 0.25) is 20.0 Å². The molecule has 31 heavy (non-hydrogen) atoms. The quantitative estimate of drug-likeness (QED) is 0.707. The first kappa shape index (κ1) is 23.2. The Kier molecular flexibility index (Phi) is 6.73. The molecule has 0 atom stereocenters. The molecule has 0 spiro atoms. The van der Waals surface area contributed by atoms with Gasteiger partial charge in [0.1, 0.15) is 0 Å². The molecule has 1 heterocycles. The van der Waals surface area contributed by atoms with E-state index in [1.165, 1.54) is 17.4 Å². The topological polar surface area (TPSA) is 104 Å². The molecule has 0 bridgehead atoms. The summed E-state index contributed by atoms with van der Waals surface area (Å²) >= 11 is 0. The molecule has 0 radical (unpaired) electrons. The van der Waals surface area contributed by atoms with E-state index >= 15 is 0 Å². The van der Waals surface area contributed by atoms with Gasteiger partial charge in [-0.15, -0.1) is 0 Å². The largest absolute Gasteiger partial charge is 0.322 e. The SMILES string of the molecule is Cc1ccc(C(=O)Nc2cccc(N(C)S(C)(=O)=O)c2)cc1S(=O)(=O)N1CCCCC1. The van der Waals surface area contributed by atoms with Crippen LogP contribution in [0.2, 0.25) is 0 Å². The summed E-state index contributed by atoms with van der Waals surface area (Å²) in [5.74, 6) is -0.478. The molecule has 0 unspecified atom stereocenters. The maximum Gasteiger partial charge on any atom is 0.255 e. The van der Waals surface area contributed by atoms with Gasteiger partial charge in [-0.3, -0.25) is 9.10 Å². The van der Waals surface area contributed by atoms with Gasteiger partial charge < -0.3 is 5.32 Å². The molecule has 1 amide bonds. The normalized spacial score (nSPS) is 15.5. The second-order valence-electron chi connectivity index (χ2n) is 7.68. The minimum atomic E-state index is -3.68. The van der Waals surface area contributed by atoms with Crippen LogP contribution >= 0.6 is 0 Å².